The number of rotatable bonds is 11. The van der Waals surface area contributed by atoms with Crippen molar-refractivity contribution < 1.29 is 22.9 Å². The number of ketones is 1. The molecule has 19 heavy (non-hydrogen) atoms. The monoisotopic (exact) mass is 294 g/mol. The third kappa shape index (κ3) is 9.33. The highest BCUT2D eigenvalue weighted by atomic mass is 31.2. The first-order chi connectivity index (χ1) is 8.74. The zero-order valence-electron chi connectivity index (χ0n) is 12.7. The minimum Gasteiger partial charge on any atom is -0.300 e. The quantitative estimate of drug-likeness (QED) is 0.536. The van der Waals surface area contributed by atoms with Gasteiger partial charge in [-0.15, -0.1) is 0 Å². The van der Waals surface area contributed by atoms with Crippen LogP contribution in [0, 0.1) is 0 Å². The molecule has 0 fully saturated rings. The Morgan fingerprint density at radius 3 is 1.95 bits per heavy atom. The van der Waals surface area contributed by atoms with E-state index in [0.29, 0.717) is 26.1 Å². The molecule has 0 rings (SSSR count). The second-order valence-electron chi connectivity index (χ2n) is 5.17. The van der Waals surface area contributed by atoms with Crippen molar-refractivity contribution >= 4 is 13.6 Å². The number of Topliss-reactive ketones (excluding diaryl/α,β-unsaturated/α-hetero) is 1. The van der Waals surface area contributed by atoms with E-state index in [0.717, 1.165) is 12.8 Å². The molecule has 0 aromatic carbocycles. The van der Waals surface area contributed by atoms with Gasteiger partial charge in [-0.25, -0.2) is 4.57 Å². The van der Waals surface area contributed by atoms with Gasteiger partial charge in [-0.3, -0.25) is 13.6 Å². The van der Waals surface area contributed by atoms with E-state index in [4.69, 9.17) is 13.6 Å². The molecular weight excluding hydrogens is 267 g/mol. The molecule has 0 heterocycles. The summed E-state index contributed by atoms with van der Waals surface area (Å²) in [6.45, 7) is 9.58. The molecule has 0 aliphatic heterocycles. The maximum absolute atomic E-state index is 12.4. The smallest absolute Gasteiger partial charge is 0.300 e. The first kappa shape index (κ1) is 18.8. The summed E-state index contributed by atoms with van der Waals surface area (Å²) < 4.78 is 28.5. The van der Waals surface area contributed by atoms with Gasteiger partial charge in [0, 0.05) is 6.42 Å². The number of phosphoric acid groups is 1. The lowest BCUT2D eigenvalue weighted by Gasteiger charge is -2.29. The number of carbonyl (C=O) groups excluding carboxylic acids is 1. The summed E-state index contributed by atoms with van der Waals surface area (Å²) >= 11 is 0. The third-order valence-corrected chi connectivity index (χ3v) is 4.06. The Bertz CT molecular complexity index is 302. The van der Waals surface area contributed by atoms with E-state index in [-0.39, 0.29) is 5.78 Å². The summed E-state index contributed by atoms with van der Waals surface area (Å²) in [6.07, 6.45) is 2.33. The van der Waals surface area contributed by atoms with Crippen LogP contribution in [0.4, 0.5) is 0 Å². The lowest BCUT2D eigenvalue weighted by Crippen LogP contribution is -2.25. The Morgan fingerprint density at radius 2 is 1.58 bits per heavy atom. The molecule has 0 saturated carbocycles. The molecule has 0 aromatic rings. The van der Waals surface area contributed by atoms with Crippen LogP contribution >= 0.6 is 7.82 Å². The third-order valence-electron chi connectivity index (χ3n) is 2.35. The zero-order chi connectivity index (χ0) is 14.9. The van der Waals surface area contributed by atoms with Crippen LogP contribution in [-0.4, -0.2) is 24.6 Å². The van der Waals surface area contributed by atoms with Gasteiger partial charge in [0.2, 0.25) is 0 Å². The molecule has 0 unspecified atom stereocenters. The van der Waals surface area contributed by atoms with Crippen molar-refractivity contribution in [2.24, 2.45) is 0 Å². The maximum atomic E-state index is 12.4. The van der Waals surface area contributed by atoms with Crippen LogP contribution < -0.4 is 0 Å². The van der Waals surface area contributed by atoms with E-state index in [1.165, 1.54) is 6.92 Å². The first-order valence-electron chi connectivity index (χ1n) is 6.84. The van der Waals surface area contributed by atoms with Crippen molar-refractivity contribution in [1.29, 1.82) is 0 Å². The summed E-state index contributed by atoms with van der Waals surface area (Å²) in [6, 6.07) is 0. The highest BCUT2D eigenvalue weighted by Gasteiger charge is 2.34. The van der Waals surface area contributed by atoms with Gasteiger partial charge < -0.3 is 4.79 Å². The van der Waals surface area contributed by atoms with E-state index >= 15 is 0 Å². The molecule has 0 spiro atoms. The molecule has 114 valence electrons. The molecule has 0 atom stereocenters. The van der Waals surface area contributed by atoms with E-state index < -0.39 is 13.4 Å². The summed E-state index contributed by atoms with van der Waals surface area (Å²) in [5.41, 5.74) is -0.720. The molecule has 0 saturated heterocycles. The van der Waals surface area contributed by atoms with Gasteiger partial charge >= 0.3 is 7.82 Å². The fourth-order valence-corrected chi connectivity index (χ4v) is 3.01. The molecule has 0 aromatic heterocycles. The van der Waals surface area contributed by atoms with Crippen molar-refractivity contribution in [3.63, 3.8) is 0 Å². The fraction of sp³-hybridized carbons (Fsp3) is 0.923. The van der Waals surface area contributed by atoms with Crippen molar-refractivity contribution in [2.45, 2.75) is 65.9 Å². The second-order valence-corrected chi connectivity index (χ2v) is 6.76. The van der Waals surface area contributed by atoms with Crippen LogP contribution in [0.2, 0.25) is 0 Å². The lowest BCUT2D eigenvalue weighted by atomic mass is 10.0. The molecule has 0 amide bonds. The fourth-order valence-electron chi connectivity index (χ4n) is 1.32. The molecule has 0 aliphatic carbocycles. The standard InChI is InChI=1S/C13H27O5P/c1-6-10-16-19(15,17-11-7-2)18-13(4,5)9-8-12(3)14/h6-11H2,1-5H3. The average Bonchev–Trinajstić information content (AvgIpc) is 2.31. The van der Waals surface area contributed by atoms with Crippen molar-refractivity contribution in [2.75, 3.05) is 13.2 Å². The van der Waals surface area contributed by atoms with Gasteiger partial charge in [0.1, 0.15) is 5.78 Å². The number of phosphoric ester groups is 1. The largest absolute Gasteiger partial charge is 0.475 e. The molecule has 5 nitrogen and oxygen atoms in total. The van der Waals surface area contributed by atoms with Gasteiger partial charge in [0.25, 0.3) is 0 Å². The van der Waals surface area contributed by atoms with Gasteiger partial charge in [-0.2, -0.15) is 0 Å². The summed E-state index contributed by atoms with van der Waals surface area (Å²) in [7, 11) is -3.55. The van der Waals surface area contributed by atoms with Gasteiger partial charge in [-0.05, 0) is 40.0 Å². The van der Waals surface area contributed by atoms with Crippen LogP contribution in [0.15, 0.2) is 0 Å². The normalized spacial score (nSPS) is 12.7. The van der Waals surface area contributed by atoms with Gasteiger partial charge in [-0.1, -0.05) is 13.8 Å². The zero-order valence-corrected chi connectivity index (χ0v) is 13.6. The number of hydrogen-bond donors (Lipinski definition) is 0. The van der Waals surface area contributed by atoms with Crippen molar-refractivity contribution in [1.82, 2.24) is 0 Å². The highest BCUT2D eigenvalue weighted by Crippen LogP contribution is 2.53. The average molecular weight is 294 g/mol. The van der Waals surface area contributed by atoms with Gasteiger partial charge in [0.05, 0.1) is 18.8 Å². The van der Waals surface area contributed by atoms with Crippen LogP contribution in [0.25, 0.3) is 0 Å². The minimum atomic E-state index is -3.55. The Labute approximate surface area is 116 Å². The Kier molecular flexibility index (Phi) is 8.75. The second kappa shape index (κ2) is 8.85. The SMILES string of the molecule is CCCOP(=O)(OCCC)OC(C)(C)CCC(C)=O. The summed E-state index contributed by atoms with van der Waals surface area (Å²) in [5.74, 6) is 0.0791. The van der Waals surface area contributed by atoms with E-state index in [9.17, 15) is 9.36 Å². The maximum Gasteiger partial charge on any atom is 0.475 e. The molecule has 0 N–H and O–H groups in total. The van der Waals surface area contributed by atoms with E-state index in [1.807, 2.05) is 13.8 Å². The van der Waals surface area contributed by atoms with E-state index in [1.54, 1.807) is 13.8 Å². The van der Waals surface area contributed by atoms with Crippen LogP contribution in [0.1, 0.15) is 60.3 Å². The van der Waals surface area contributed by atoms with Crippen LogP contribution in [0.5, 0.6) is 0 Å². The predicted molar refractivity (Wildman–Crippen MR) is 75.2 cm³/mol. The first-order valence-corrected chi connectivity index (χ1v) is 8.30. The van der Waals surface area contributed by atoms with Crippen molar-refractivity contribution in [3.05, 3.63) is 0 Å². The minimum absolute atomic E-state index is 0.0791. The van der Waals surface area contributed by atoms with Crippen LogP contribution in [0.3, 0.4) is 0 Å². The van der Waals surface area contributed by atoms with E-state index in [2.05, 4.69) is 0 Å². The van der Waals surface area contributed by atoms with Crippen LogP contribution in [-0.2, 0) is 22.9 Å². The predicted octanol–water partition coefficient (Wildman–Crippen LogP) is 4.11. The van der Waals surface area contributed by atoms with Gasteiger partial charge in [0.15, 0.2) is 0 Å². The molecule has 0 radical (unpaired) electrons. The number of carbonyl (C=O) groups is 1. The molecule has 6 heteroatoms. The Morgan fingerprint density at radius 1 is 1.11 bits per heavy atom. The lowest BCUT2D eigenvalue weighted by molar-refractivity contribution is -0.118. The Balaban J connectivity index is 4.59. The molecule has 0 bridgehead atoms. The van der Waals surface area contributed by atoms with Crippen molar-refractivity contribution in [3.8, 4) is 0 Å². The topological polar surface area (TPSA) is 61.8 Å². The Hall–Kier alpha value is -0.220. The highest BCUT2D eigenvalue weighted by molar-refractivity contribution is 7.48. The molecular formula is C13H27O5P. The molecule has 0 aliphatic rings. The number of hydrogen-bond acceptors (Lipinski definition) is 5. The summed E-state index contributed by atoms with van der Waals surface area (Å²) in [4.78, 5) is 11.0. The summed E-state index contributed by atoms with van der Waals surface area (Å²) in [5, 5.41) is 0.